The summed E-state index contributed by atoms with van der Waals surface area (Å²) in [5.74, 6) is -1.11. The summed E-state index contributed by atoms with van der Waals surface area (Å²) in [5.41, 5.74) is 2.09. The highest BCUT2D eigenvalue weighted by molar-refractivity contribution is 7.10. The fraction of sp³-hybridized carbons (Fsp3) is 0.130. The summed E-state index contributed by atoms with van der Waals surface area (Å²) < 4.78 is 5.42. The number of anilines is 1. The van der Waals surface area contributed by atoms with Gasteiger partial charge >= 0.3 is 0 Å². The van der Waals surface area contributed by atoms with Crippen LogP contribution in [0.15, 0.2) is 71.6 Å². The Kier molecular flexibility index (Phi) is 4.94. The Morgan fingerprint density at radius 1 is 1.03 bits per heavy atom. The predicted octanol–water partition coefficient (Wildman–Crippen LogP) is 4.69. The second-order valence-corrected chi connectivity index (χ2v) is 7.70. The highest BCUT2D eigenvalue weighted by Crippen LogP contribution is 2.45. The fourth-order valence-electron chi connectivity index (χ4n) is 3.49. The van der Waals surface area contributed by atoms with Crippen molar-refractivity contribution in [2.45, 2.75) is 13.0 Å². The second kappa shape index (κ2) is 7.56. The largest absolute Gasteiger partial charge is 0.507 e. The van der Waals surface area contributed by atoms with Crippen LogP contribution in [0.2, 0.25) is 0 Å². The molecule has 1 fully saturated rings. The third kappa shape index (κ3) is 3.21. The SMILES string of the molecule is COc1ccccc1N1C(=O)C(=O)/C(=C(\O)c2ccc(C)cc2)C1c1cccs1. The summed E-state index contributed by atoms with van der Waals surface area (Å²) in [4.78, 5) is 28.3. The Labute approximate surface area is 172 Å². The zero-order valence-corrected chi connectivity index (χ0v) is 16.8. The first-order valence-electron chi connectivity index (χ1n) is 9.07. The molecule has 1 aliphatic heterocycles. The van der Waals surface area contributed by atoms with Crippen LogP contribution < -0.4 is 9.64 Å². The average Bonchev–Trinajstić information content (AvgIpc) is 3.35. The van der Waals surface area contributed by atoms with Crippen LogP contribution in [0, 0.1) is 6.92 Å². The molecule has 1 N–H and O–H groups in total. The maximum absolute atomic E-state index is 13.1. The molecule has 0 aliphatic carbocycles. The van der Waals surface area contributed by atoms with Crippen molar-refractivity contribution in [1.82, 2.24) is 0 Å². The molecule has 2 aromatic carbocycles. The van der Waals surface area contributed by atoms with Gasteiger partial charge in [-0.05, 0) is 30.5 Å². The number of thiophene rings is 1. The summed E-state index contributed by atoms with van der Waals surface area (Å²) in [6.45, 7) is 1.94. The Morgan fingerprint density at radius 3 is 2.41 bits per heavy atom. The van der Waals surface area contributed by atoms with Crippen LogP contribution in [-0.4, -0.2) is 23.9 Å². The molecule has 0 spiro atoms. The zero-order chi connectivity index (χ0) is 20.5. The average molecular weight is 405 g/mol. The number of para-hydroxylation sites is 2. The van der Waals surface area contributed by atoms with E-state index in [1.165, 1.54) is 23.3 Å². The van der Waals surface area contributed by atoms with Gasteiger partial charge in [0.15, 0.2) is 0 Å². The first-order valence-corrected chi connectivity index (χ1v) is 9.95. The highest BCUT2D eigenvalue weighted by Gasteiger charge is 2.48. The molecule has 1 unspecified atom stereocenters. The van der Waals surface area contributed by atoms with Crippen LogP contribution in [-0.2, 0) is 9.59 Å². The summed E-state index contributed by atoms with van der Waals surface area (Å²) in [6, 6.07) is 17.2. The van der Waals surface area contributed by atoms with Crippen molar-refractivity contribution in [3.05, 3.63) is 87.6 Å². The van der Waals surface area contributed by atoms with Gasteiger partial charge in [0.1, 0.15) is 17.6 Å². The number of aliphatic hydroxyl groups is 1. The van der Waals surface area contributed by atoms with Crippen molar-refractivity contribution >= 4 is 34.5 Å². The van der Waals surface area contributed by atoms with E-state index in [1.807, 2.05) is 36.6 Å². The third-order valence-corrected chi connectivity index (χ3v) is 5.85. The molecule has 0 bridgehead atoms. The Morgan fingerprint density at radius 2 is 1.76 bits per heavy atom. The summed E-state index contributed by atoms with van der Waals surface area (Å²) in [7, 11) is 1.52. The van der Waals surface area contributed by atoms with Gasteiger partial charge < -0.3 is 9.84 Å². The lowest BCUT2D eigenvalue weighted by Gasteiger charge is -2.25. The van der Waals surface area contributed by atoms with E-state index in [0.717, 1.165) is 10.4 Å². The topological polar surface area (TPSA) is 66.8 Å². The van der Waals surface area contributed by atoms with Gasteiger partial charge in [-0.1, -0.05) is 48.0 Å². The smallest absolute Gasteiger partial charge is 0.300 e. The van der Waals surface area contributed by atoms with Crippen LogP contribution in [0.4, 0.5) is 5.69 Å². The number of methoxy groups -OCH3 is 1. The molecule has 1 atom stereocenters. The zero-order valence-electron chi connectivity index (χ0n) is 16.0. The van der Waals surface area contributed by atoms with Crippen LogP contribution in [0.5, 0.6) is 5.75 Å². The minimum absolute atomic E-state index is 0.0761. The molecular weight excluding hydrogens is 386 g/mol. The quantitative estimate of drug-likeness (QED) is 0.388. The van der Waals surface area contributed by atoms with Crippen molar-refractivity contribution in [2.24, 2.45) is 0 Å². The standard InChI is InChI=1S/C23H19NO4S/c1-14-9-11-15(12-10-14)21(25)19-20(18-8-5-13-29-18)24(23(27)22(19)26)16-6-3-4-7-17(16)28-2/h3-13,20,25H,1-2H3/b21-19-. The number of ether oxygens (including phenoxy) is 1. The number of aryl methyl sites for hydroxylation is 1. The lowest BCUT2D eigenvalue weighted by atomic mass is 9.99. The van der Waals surface area contributed by atoms with Gasteiger partial charge in [-0.2, -0.15) is 0 Å². The van der Waals surface area contributed by atoms with E-state index in [-0.39, 0.29) is 11.3 Å². The van der Waals surface area contributed by atoms with E-state index in [9.17, 15) is 14.7 Å². The van der Waals surface area contributed by atoms with Gasteiger partial charge in [0.2, 0.25) is 0 Å². The number of Topliss-reactive ketones (excluding diaryl/α,β-unsaturated/α-hetero) is 1. The molecule has 29 heavy (non-hydrogen) atoms. The van der Waals surface area contributed by atoms with E-state index in [0.29, 0.717) is 17.0 Å². The van der Waals surface area contributed by atoms with Crippen molar-refractivity contribution in [2.75, 3.05) is 12.0 Å². The minimum Gasteiger partial charge on any atom is -0.507 e. The van der Waals surface area contributed by atoms with E-state index in [4.69, 9.17) is 4.74 Å². The van der Waals surface area contributed by atoms with Crippen LogP contribution in [0.1, 0.15) is 22.0 Å². The Bertz CT molecular complexity index is 1100. The first-order chi connectivity index (χ1) is 14.0. The molecule has 6 heteroatoms. The minimum atomic E-state index is -0.729. The van der Waals surface area contributed by atoms with Crippen LogP contribution in [0.3, 0.4) is 0 Å². The van der Waals surface area contributed by atoms with Crippen molar-refractivity contribution in [3.63, 3.8) is 0 Å². The van der Waals surface area contributed by atoms with Crippen LogP contribution in [0.25, 0.3) is 5.76 Å². The number of benzene rings is 2. The van der Waals surface area contributed by atoms with Gasteiger partial charge in [0.05, 0.1) is 18.4 Å². The number of carbonyl (C=O) groups is 2. The molecule has 4 rings (SSSR count). The van der Waals surface area contributed by atoms with E-state index in [1.54, 1.807) is 36.4 Å². The monoisotopic (exact) mass is 405 g/mol. The number of hydrogen-bond donors (Lipinski definition) is 1. The second-order valence-electron chi connectivity index (χ2n) is 6.72. The van der Waals surface area contributed by atoms with Crippen molar-refractivity contribution in [3.8, 4) is 5.75 Å². The van der Waals surface area contributed by atoms with Gasteiger partial charge in [-0.15, -0.1) is 11.3 Å². The number of carbonyl (C=O) groups excluding carboxylic acids is 2. The normalized spacial score (nSPS) is 18.3. The van der Waals surface area contributed by atoms with E-state index >= 15 is 0 Å². The maximum atomic E-state index is 13.1. The summed E-state index contributed by atoms with van der Waals surface area (Å²) in [6.07, 6.45) is 0. The molecule has 1 aromatic heterocycles. The molecule has 0 radical (unpaired) electrons. The van der Waals surface area contributed by atoms with Crippen molar-refractivity contribution < 1.29 is 19.4 Å². The number of rotatable bonds is 4. The number of aliphatic hydroxyl groups excluding tert-OH is 1. The van der Waals surface area contributed by atoms with Gasteiger partial charge in [-0.3, -0.25) is 14.5 Å². The van der Waals surface area contributed by atoms with E-state index in [2.05, 4.69) is 0 Å². The van der Waals surface area contributed by atoms with Crippen molar-refractivity contribution in [1.29, 1.82) is 0 Å². The molecule has 1 aliphatic rings. The van der Waals surface area contributed by atoms with Gasteiger partial charge in [0.25, 0.3) is 11.7 Å². The number of amides is 1. The number of nitrogens with zero attached hydrogens (tertiary/aromatic N) is 1. The summed E-state index contributed by atoms with van der Waals surface area (Å²) >= 11 is 1.42. The van der Waals surface area contributed by atoms with Gasteiger partial charge in [-0.25, -0.2) is 0 Å². The Balaban J connectivity index is 1.94. The Hall–Kier alpha value is -3.38. The van der Waals surface area contributed by atoms with E-state index < -0.39 is 17.7 Å². The number of ketones is 1. The summed E-state index contributed by atoms with van der Waals surface area (Å²) in [5, 5.41) is 12.9. The molecule has 0 saturated carbocycles. The molecular formula is C23H19NO4S. The first kappa shape index (κ1) is 19.0. The lowest BCUT2D eigenvalue weighted by molar-refractivity contribution is -0.132. The molecule has 3 aromatic rings. The molecule has 5 nitrogen and oxygen atoms in total. The van der Waals surface area contributed by atoms with Crippen LogP contribution >= 0.6 is 11.3 Å². The molecule has 2 heterocycles. The molecule has 146 valence electrons. The molecule has 1 amide bonds. The highest BCUT2D eigenvalue weighted by atomic mass is 32.1. The third-order valence-electron chi connectivity index (χ3n) is 4.93. The molecule has 1 saturated heterocycles. The fourth-order valence-corrected chi connectivity index (χ4v) is 4.32. The maximum Gasteiger partial charge on any atom is 0.300 e. The number of hydrogen-bond acceptors (Lipinski definition) is 5. The lowest BCUT2D eigenvalue weighted by Crippen LogP contribution is -2.29. The van der Waals surface area contributed by atoms with Gasteiger partial charge in [0, 0.05) is 10.4 Å². The predicted molar refractivity (Wildman–Crippen MR) is 113 cm³/mol.